The zero-order chi connectivity index (χ0) is 23.7. The standard InChI is InChI=1S/C28H30N2O4/c1-19-7-5-8-22(17-19)26-24-18-23(34-20(2)27(31)29-13-3-4-14-29)11-10-21(24)12-15-30(26)28(32)25-9-6-16-33-25/h5-11,16-18,20,26H,3-4,12-15H2,1-2H3/t20-,26-/m0/s1. The number of amides is 2. The van der Waals surface area contributed by atoms with E-state index in [1.807, 2.05) is 34.9 Å². The molecular weight excluding hydrogens is 428 g/mol. The molecule has 0 unspecified atom stereocenters. The molecule has 0 bridgehead atoms. The lowest BCUT2D eigenvalue weighted by atomic mass is 9.87. The predicted octanol–water partition coefficient (Wildman–Crippen LogP) is 4.77. The fourth-order valence-corrected chi connectivity index (χ4v) is 5.08. The van der Waals surface area contributed by atoms with Crippen LogP contribution in [0.1, 0.15) is 58.6 Å². The Morgan fingerprint density at radius 3 is 2.59 bits per heavy atom. The second-order valence-electron chi connectivity index (χ2n) is 9.20. The van der Waals surface area contributed by atoms with Crippen molar-refractivity contribution in [3.05, 3.63) is 88.9 Å². The Morgan fingerprint density at radius 2 is 1.85 bits per heavy atom. The van der Waals surface area contributed by atoms with E-state index in [-0.39, 0.29) is 17.9 Å². The summed E-state index contributed by atoms with van der Waals surface area (Å²) < 4.78 is 11.6. The minimum absolute atomic E-state index is 0.0279. The van der Waals surface area contributed by atoms with E-state index in [0.717, 1.165) is 49.0 Å². The Hall–Kier alpha value is -3.54. The van der Waals surface area contributed by atoms with Gasteiger partial charge in [-0.1, -0.05) is 35.9 Å². The third kappa shape index (κ3) is 4.32. The summed E-state index contributed by atoms with van der Waals surface area (Å²) in [5, 5.41) is 0. The molecule has 3 heterocycles. The normalized spacial score (nSPS) is 18.5. The molecule has 2 aliphatic rings. The summed E-state index contributed by atoms with van der Waals surface area (Å²) in [7, 11) is 0. The highest BCUT2D eigenvalue weighted by Gasteiger charge is 2.34. The van der Waals surface area contributed by atoms with Crippen molar-refractivity contribution in [3.63, 3.8) is 0 Å². The molecule has 0 saturated carbocycles. The van der Waals surface area contributed by atoms with Gasteiger partial charge in [-0.15, -0.1) is 0 Å². The lowest BCUT2D eigenvalue weighted by molar-refractivity contribution is -0.136. The fourth-order valence-electron chi connectivity index (χ4n) is 5.08. The molecule has 2 atom stereocenters. The van der Waals surface area contributed by atoms with Gasteiger partial charge in [0.25, 0.3) is 11.8 Å². The van der Waals surface area contributed by atoms with E-state index in [1.165, 1.54) is 11.8 Å². The van der Waals surface area contributed by atoms with Crippen molar-refractivity contribution >= 4 is 11.8 Å². The van der Waals surface area contributed by atoms with Gasteiger partial charge in [0.15, 0.2) is 11.9 Å². The summed E-state index contributed by atoms with van der Waals surface area (Å²) >= 11 is 0. The number of fused-ring (bicyclic) bond motifs is 1. The zero-order valence-electron chi connectivity index (χ0n) is 19.7. The maximum atomic E-state index is 13.4. The SMILES string of the molecule is Cc1cccc([C@H]2c3cc(O[C@@H](C)C(=O)N4CCCC4)ccc3CCN2C(=O)c2ccco2)c1. The summed E-state index contributed by atoms with van der Waals surface area (Å²) in [6.45, 7) is 6.06. The molecule has 2 aliphatic heterocycles. The van der Waals surface area contributed by atoms with Gasteiger partial charge < -0.3 is 19.0 Å². The van der Waals surface area contributed by atoms with Crippen LogP contribution in [0.5, 0.6) is 5.75 Å². The number of ether oxygens (including phenoxy) is 1. The molecule has 2 aromatic carbocycles. The Bertz CT molecular complexity index is 1180. The van der Waals surface area contributed by atoms with Gasteiger partial charge in [-0.25, -0.2) is 0 Å². The number of carbonyl (C=O) groups is 2. The quantitative estimate of drug-likeness (QED) is 0.553. The van der Waals surface area contributed by atoms with Crippen molar-refractivity contribution < 1.29 is 18.7 Å². The molecule has 0 N–H and O–H groups in total. The number of rotatable bonds is 5. The van der Waals surface area contributed by atoms with Crippen LogP contribution in [0.4, 0.5) is 0 Å². The molecule has 3 aromatic rings. The molecule has 0 aliphatic carbocycles. The molecule has 6 nitrogen and oxygen atoms in total. The van der Waals surface area contributed by atoms with E-state index in [0.29, 0.717) is 18.1 Å². The number of nitrogens with zero attached hydrogens (tertiary/aromatic N) is 2. The Kier molecular flexibility index (Phi) is 6.14. The average Bonchev–Trinajstić information content (AvgIpc) is 3.57. The first kappa shape index (κ1) is 22.3. The molecule has 176 valence electrons. The zero-order valence-corrected chi connectivity index (χ0v) is 19.7. The monoisotopic (exact) mass is 458 g/mol. The molecule has 5 rings (SSSR count). The molecule has 34 heavy (non-hydrogen) atoms. The Morgan fingerprint density at radius 1 is 1.03 bits per heavy atom. The van der Waals surface area contributed by atoms with Crippen molar-refractivity contribution in [3.8, 4) is 5.75 Å². The first-order valence-corrected chi connectivity index (χ1v) is 12.0. The van der Waals surface area contributed by atoms with E-state index < -0.39 is 6.10 Å². The molecular formula is C28H30N2O4. The number of hydrogen-bond acceptors (Lipinski definition) is 4. The topological polar surface area (TPSA) is 63.0 Å². The van der Waals surface area contributed by atoms with Gasteiger partial charge >= 0.3 is 0 Å². The summed E-state index contributed by atoms with van der Waals surface area (Å²) in [6.07, 6.45) is 3.81. The highest BCUT2D eigenvalue weighted by atomic mass is 16.5. The molecule has 0 radical (unpaired) electrons. The number of hydrogen-bond donors (Lipinski definition) is 0. The minimum atomic E-state index is -0.557. The van der Waals surface area contributed by atoms with Crippen molar-refractivity contribution in [1.29, 1.82) is 0 Å². The summed E-state index contributed by atoms with van der Waals surface area (Å²) in [6, 6.07) is 17.4. The van der Waals surface area contributed by atoms with E-state index in [9.17, 15) is 9.59 Å². The van der Waals surface area contributed by atoms with Gasteiger partial charge in [-0.3, -0.25) is 9.59 Å². The maximum absolute atomic E-state index is 13.4. The molecule has 0 spiro atoms. The molecule has 2 amide bonds. The fraction of sp³-hybridized carbons (Fsp3) is 0.357. The van der Waals surface area contributed by atoms with E-state index in [1.54, 1.807) is 12.1 Å². The number of likely N-dealkylation sites (tertiary alicyclic amines) is 1. The van der Waals surface area contributed by atoms with Crippen molar-refractivity contribution in [2.75, 3.05) is 19.6 Å². The van der Waals surface area contributed by atoms with Crippen LogP contribution in [0, 0.1) is 6.92 Å². The van der Waals surface area contributed by atoms with Crippen LogP contribution in [0.3, 0.4) is 0 Å². The van der Waals surface area contributed by atoms with Crippen molar-refractivity contribution in [2.45, 2.75) is 45.3 Å². The maximum Gasteiger partial charge on any atom is 0.290 e. The van der Waals surface area contributed by atoms with Gasteiger partial charge in [-0.05, 0) is 74.1 Å². The van der Waals surface area contributed by atoms with Crippen LogP contribution in [-0.4, -0.2) is 47.4 Å². The van der Waals surface area contributed by atoms with Crippen LogP contribution in [-0.2, 0) is 11.2 Å². The first-order valence-electron chi connectivity index (χ1n) is 12.0. The van der Waals surface area contributed by atoms with E-state index in [2.05, 4.69) is 31.2 Å². The number of aryl methyl sites for hydroxylation is 1. The first-order chi connectivity index (χ1) is 16.5. The Labute approximate surface area is 200 Å². The van der Waals surface area contributed by atoms with Gasteiger partial charge in [0.2, 0.25) is 0 Å². The third-order valence-electron chi connectivity index (χ3n) is 6.77. The van der Waals surface area contributed by atoms with Gasteiger partial charge in [0.1, 0.15) is 5.75 Å². The smallest absolute Gasteiger partial charge is 0.290 e. The Balaban J connectivity index is 1.49. The lowest BCUT2D eigenvalue weighted by Crippen LogP contribution is -2.40. The van der Waals surface area contributed by atoms with Gasteiger partial charge in [0, 0.05) is 19.6 Å². The summed E-state index contributed by atoms with van der Waals surface area (Å²) in [5.74, 6) is 0.869. The second kappa shape index (κ2) is 9.37. The average molecular weight is 459 g/mol. The van der Waals surface area contributed by atoms with Crippen LogP contribution >= 0.6 is 0 Å². The minimum Gasteiger partial charge on any atom is -0.481 e. The number of furan rings is 1. The number of carbonyl (C=O) groups excluding carboxylic acids is 2. The molecule has 1 aromatic heterocycles. The molecule has 6 heteroatoms. The van der Waals surface area contributed by atoms with E-state index >= 15 is 0 Å². The number of benzene rings is 2. The lowest BCUT2D eigenvalue weighted by Gasteiger charge is -2.37. The van der Waals surface area contributed by atoms with Gasteiger partial charge in [0.05, 0.1) is 12.3 Å². The summed E-state index contributed by atoms with van der Waals surface area (Å²) in [5.41, 5.74) is 4.38. The highest BCUT2D eigenvalue weighted by Crippen LogP contribution is 2.38. The van der Waals surface area contributed by atoms with Gasteiger partial charge in [-0.2, -0.15) is 0 Å². The second-order valence-corrected chi connectivity index (χ2v) is 9.20. The van der Waals surface area contributed by atoms with E-state index in [4.69, 9.17) is 9.15 Å². The third-order valence-corrected chi connectivity index (χ3v) is 6.77. The highest BCUT2D eigenvalue weighted by molar-refractivity contribution is 5.92. The molecule has 1 fully saturated rings. The van der Waals surface area contributed by atoms with Crippen LogP contribution in [0.25, 0.3) is 0 Å². The van der Waals surface area contributed by atoms with Crippen LogP contribution in [0.15, 0.2) is 65.3 Å². The van der Waals surface area contributed by atoms with Crippen LogP contribution in [0.2, 0.25) is 0 Å². The van der Waals surface area contributed by atoms with Crippen molar-refractivity contribution in [2.24, 2.45) is 0 Å². The largest absolute Gasteiger partial charge is 0.481 e. The summed E-state index contributed by atoms with van der Waals surface area (Å²) in [4.78, 5) is 29.9. The van der Waals surface area contributed by atoms with Crippen molar-refractivity contribution in [1.82, 2.24) is 9.80 Å². The molecule has 1 saturated heterocycles. The van der Waals surface area contributed by atoms with Crippen LogP contribution < -0.4 is 4.74 Å². The predicted molar refractivity (Wildman–Crippen MR) is 129 cm³/mol.